The van der Waals surface area contributed by atoms with Gasteiger partial charge in [0.2, 0.25) is 0 Å². The molecule has 0 saturated carbocycles. The van der Waals surface area contributed by atoms with Crippen LogP contribution in [0, 0.1) is 0 Å². The topological polar surface area (TPSA) is 29.5 Å². The molecule has 0 unspecified atom stereocenters. The highest BCUT2D eigenvalue weighted by atomic mass is 35.5. The molecule has 3 nitrogen and oxygen atoms in total. The molecule has 0 bridgehead atoms. The van der Waals surface area contributed by atoms with Crippen LogP contribution >= 0.6 is 11.6 Å². The first-order valence-electron chi connectivity index (χ1n) is 5.94. The molecule has 0 radical (unpaired) electrons. The van der Waals surface area contributed by atoms with Gasteiger partial charge in [-0.25, -0.2) is 4.79 Å². The van der Waals surface area contributed by atoms with Crippen molar-refractivity contribution >= 4 is 17.6 Å². The molecule has 0 spiro atoms. The van der Waals surface area contributed by atoms with Crippen molar-refractivity contribution in [2.45, 2.75) is 13.0 Å². The first-order chi connectivity index (χ1) is 8.70. The van der Waals surface area contributed by atoms with E-state index in [-0.39, 0.29) is 5.97 Å². The minimum Gasteiger partial charge on any atom is -0.466 e. The summed E-state index contributed by atoms with van der Waals surface area (Å²) in [5.74, 6) is -0.237. The third kappa shape index (κ3) is 3.12. The highest BCUT2D eigenvalue weighted by molar-refractivity contribution is 6.31. The molecule has 2 rings (SSSR count). The monoisotopic (exact) mass is 265 g/mol. The fraction of sp³-hybridized carbons (Fsp3) is 0.357. The Bertz CT molecular complexity index is 471. The third-order valence-electron chi connectivity index (χ3n) is 3.03. The van der Waals surface area contributed by atoms with E-state index in [1.54, 1.807) is 0 Å². The third-order valence-corrected chi connectivity index (χ3v) is 3.40. The zero-order valence-corrected chi connectivity index (χ0v) is 11.1. The van der Waals surface area contributed by atoms with Crippen LogP contribution in [0.5, 0.6) is 0 Å². The van der Waals surface area contributed by atoms with E-state index in [2.05, 4.69) is 4.90 Å². The molecule has 1 aliphatic rings. The standard InChI is InChI=1S/C14H16ClNO2/c1-18-14(17)12-6-4-8-16(10-12)9-11-5-2-3-7-13(11)15/h2-3,5-7H,4,8-10H2,1H3. The molecule has 0 amide bonds. The van der Waals surface area contributed by atoms with Gasteiger partial charge >= 0.3 is 5.97 Å². The smallest absolute Gasteiger partial charge is 0.334 e. The Hall–Kier alpha value is -1.32. The van der Waals surface area contributed by atoms with Crippen LogP contribution in [0.2, 0.25) is 5.02 Å². The summed E-state index contributed by atoms with van der Waals surface area (Å²) in [6.45, 7) is 2.32. The van der Waals surface area contributed by atoms with Gasteiger partial charge in [0.25, 0.3) is 0 Å². The summed E-state index contributed by atoms with van der Waals surface area (Å²) in [6, 6.07) is 7.79. The lowest BCUT2D eigenvalue weighted by Gasteiger charge is -2.26. The van der Waals surface area contributed by atoms with Crippen molar-refractivity contribution in [1.82, 2.24) is 4.90 Å². The number of carbonyl (C=O) groups excluding carboxylic acids is 1. The number of ether oxygens (including phenoxy) is 1. The molecule has 1 aliphatic heterocycles. The van der Waals surface area contributed by atoms with Gasteiger partial charge in [-0.3, -0.25) is 4.90 Å². The van der Waals surface area contributed by atoms with Crippen LogP contribution in [-0.4, -0.2) is 31.1 Å². The summed E-state index contributed by atoms with van der Waals surface area (Å²) in [5.41, 5.74) is 1.82. The molecule has 0 aliphatic carbocycles. The molecule has 1 aromatic carbocycles. The van der Waals surface area contributed by atoms with Crippen molar-refractivity contribution in [2.75, 3.05) is 20.2 Å². The lowest BCUT2D eigenvalue weighted by molar-refractivity contribution is -0.136. The Kier molecular flexibility index (Phi) is 4.39. The van der Waals surface area contributed by atoms with Crippen LogP contribution in [-0.2, 0) is 16.1 Å². The molecule has 0 atom stereocenters. The van der Waals surface area contributed by atoms with Crippen LogP contribution < -0.4 is 0 Å². The van der Waals surface area contributed by atoms with Crippen LogP contribution in [0.4, 0.5) is 0 Å². The molecule has 96 valence electrons. The molecule has 1 heterocycles. The van der Waals surface area contributed by atoms with Crippen molar-refractivity contribution in [2.24, 2.45) is 0 Å². The number of halogens is 1. The van der Waals surface area contributed by atoms with Crippen molar-refractivity contribution in [3.63, 3.8) is 0 Å². The molecular weight excluding hydrogens is 250 g/mol. The zero-order valence-electron chi connectivity index (χ0n) is 10.4. The van der Waals surface area contributed by atoms with E-state index in [1.807, 2.05) is 30.3 Å². The zero-order chi connectivity index (χ0) is 13.0. The van der Waals surface area contributed by atoms with Gasteiger partial charge < -0.3 is 4.74 Å². The normalized spacial score (nSPS) is 16.2. The second-order valence-corrected chi connectivity index (χ2v) is 4.72. The molecule has 18 heavy (non-hydrogen) atoms. The maximum Gasteiger partial charge on any atom is 0.334 e. The Morgan fingerprint density at radius 1 is 1.44 bits per heavy atom. The predicted octanol–water partition coefficient (Wildman–Crippen LogP) is 2.65. The average molecular weight is 266 g/mol. The lowest BCUT2D eigenvalue weighted by Crippen LogP contribution is -2.32. The quantitative estimate of drug-likeness (QED) is 0.787. The van der Waals surface area contributed by atoms with Crippen molar-refractivity contribution < 1.29 is 9.53 Å². The van der Waals surface area contributed by atoms with Gasteiger partial charge in [0.05, 0.1) is 7.11 Å². The van der Waals surface area contributed by atoms with Gasteiger partial charge in [0.15, 0.2) is 0 Å². The van der Waals surface area contributed by atoms with Gasteiger partial charge in [0, 0.05) is 30.2 Å². The average Bonchev–Trinajstić information content (AvgIpc) is 2.41. The maximum absolute atomic E-state index is 11.5. The van der Waals surface area contributed by atoms with E-state index in [0.717, 1.165) is 35.7 Å². The first-order valence-corrected chi connectivity index (χ1v) is 6.31. The van der Waals surface area contributed by atoms with E-state index >= 15 is 0 Å². The largest absolute Gasteiger partial charge is 0.466 e. The van der Waals surface area contributed by atoms with E-state index in [1.165, 1.54) is 7.11 Å². The summed E-state index contributed by atoms with van der Waals surface area (Å²) < 4.78 is 4.75. The number of benzene rings is 1. The van der Waals surface area contributed by atoms with E-state index in [9.17, 15) is 4.79 Å². The number of carbonyl (C=O) groups is 1. The fourth-order valence-corrected chi connectivity index (χ4v) is 2.28. The molecule has 0 aromatic heterocycles. The summed E-state index contributed by atoms with van der Waals surface area (Å²) in [6.07, 6.45) is 2.82. The summed E-state index contributed by atoms with van der Waals surface area (Å²) in [5, 5.41) is 0.770. The highest BCUT2D eigenvalue weighted by Crippen LogP contribution is 2.19. The van der Waals surface area contributed by atoms with Gasteiger partial charge in [-0.15, -0.1) is 0 Å². The first kappa shape index (κ1) is 13.1. The van der Waals surface area contributed by atoms with E-state index in [4.69, 9.17) is 16.3 Å². The Morgan fingerprint density at radius 3 is 2.94 bits per heavy atom. The molecular formula is C14H16ClNO2. The molecule has 0 fully saturated rings. The minimum atomic E-state index is -0.237. The van der Waals surface area contributed by atoms with Gasteiger partial charge in [0.1, 0.15) is 0 Å². The number of nitrogens with zero attached hydrogens (tertiary/aromatic N) is 1. The Balaban J connectivity index is 2.02. The van der Waals surface area contributed by atoms with Crippen molar-refractivity contribution in [1.29, 1.82) is 0 Å². The van der Waals surface area contributed by atoms with Gasteiger partial charge in [-0.2, -0.15) is 0 Å². The second-order valence-electron chi connectivity index (χ2n) is 4.31. The van der Waals surface area contributed by atoms with Crippen LogP contribution in [0.1, 0.15) is 12.0 Å². The summed E-state index contributed by atoms with van der Waals surface area (Å²) in [4.78, 5) is 13.7. The molecule has 0 saturated heterocycles. The summed E-state index contributed by atoms with van der Waals surface area (Å²) in [7, 11) is 1.41. The molecule has 0 N–H and O–H groups in total. The molecule has 1 aromatic rings. The van der Waals surface area contributed by atoms with Crippen LogP contribution in [0.15, 0.2) is 35.9 Å². The number of rotatable bonds is 3. The van der Waals surface area contributed by atoms with E-state index < -0.39 is 0 Å². The van der Waals surface area contributed by atoms with E-state index in [0.29, 0.717) is 6.54 Å². The Morgan fingerprint density at radius 2 is 2.22 bits per heavy atom. The van der Waals surface area contributed by atoms with Crippen molar-refractivity contribution in [3.05, 3.63) is 46.5 Å². The van der Waals surface area contributed by atoms with Crippen LogP contribution in [0.3, 0.4) is 0 Å². The molecule has 4 heteroatoms. The summed E-state index contributed by atoms with van der Waals surface area (Å²) >= 11 is 6.14. The lowest BCUT2D eigenvalue weighted by atomic mass is 10.1. The fourth-order valence-electron chi connectivity index (χ4n) is 2.09. The van der Waals surface area contributed by atoms with Crippen molar-refractivity contribution in [3.8, 4) is 0 Å². The van der Waals surface area contributed by atoms with Gasteiger partial charge in [-0.1, -0.05) is 35.9 Å². The predicted molar refractivity (Wildman–Crippen MR) is 71.4 cm³/mol. The Labute approximate surface area is 112 Å². The number of esters is 1. The minimum absolute atomic E-state index is 0.237. The van der Waals surface area contributed by atoms with Gasteiger partial charge in [-0.05, 0) is 18.1 Å². The van der Waals surface area contributed by atoms with Crippen LogP contribution in [0.25, 0.3) is 0 Å². The highest BCUT2D eigenvalue weighted by Gasteiger charge is 2.19. The maximum atomic E-state index is 11.5. The SMILES string of the molecule is COC(=O)C1=CCCN(Cc2ccccc2Cl)C1. The number of hydrogen-bond donors (Lipinski definition) is 0. The number of methoxy groups -OCH3 is 1. The number of hydrogen-bond acceptors (Lipinski definition) is 3. The second kappa shape index (κ2) is 6.03.